The number of nitrogens with one attached hydrogen (secondary N) is 1. The summed E-state index contributed by atoms with van der Waals surface area (Å²) >= 11 is 0. The van der Waals surface area contributed by atoms with Crippen molar-refractivity contribution < 1.29 is 9.47 Å². The highest BCUT2D eigenvalue weighted by Gasteiger charge is 2.15. The molecule has 3 aromatic rings. The third-order valence-corrected chi connectivity index (χ3v) is 3.40. The third-order valence-electron chi connectivity index (χ3n) is 3.40. The normalized spacial score (nSPS) is 11.9. The van der Waals surface area contributed by atoms with E-state index in [9.17, 15) is 0 Å². The standard InChI is InChI=1S/C17H18N4O2/c1-22-14-9-5-6-12(10-14)16(18)17-19-15(20-21-17)11-23-13-7-3-2-4-8-13/h2-10,16H,11,18H2,1H3,(H,19,20,21)/t16-/m0/s1. The van der Waals surface area contributed by atoms with Crippen molar-refractivity contribution in [1.29, 1.82) is 0 Å². The highest BCUT2D eigenvalue weighted by atomic mass is 16.5. The number of methoxy groups -OCH3 is 1. The van der Waals surface area contributed by atoms with E-state index in [0.29, 0.717) is 18.3 Å². The van der Waals surface area contributed by atoms with E-state index in [1.54, 1.807) is 7.11 Å². The molecule has 1 aromatic heterocycles. The van der Waals surface area contributed by atoms with E-state index in [1.165, 1.54) is 0 Å². The van der Waals surface area contributed by atoms with Gasteiger partial charge in [0.25, 0.3) is 0 Å². The lowest BCUT2D eigenvalue weighted by molar-refractivity contribution is 0.296. The Morgan fingerprint density at radius 3 is 2.65 bits per heavy atom. The Kier molecular flexibility index (Phi) is 4.54. The van der Waals surface area contributed by atoms with Crippen LogP contribution in [0.3, 0.4) is 0 Å². The summed E-state index contributed by atoms with van der Waals surface area (Å²) in [4.78, 5) is 4.40. The Labute approximate surface area is 134 Å². The van der Waals surface area contributed by atoms with Crippen molar-refractivity contribution >= 4 is 0 Å². The van der Waals surface area contributed by atoms with Crippen LogP contribution in [-0.4, -0.2) is 22.3 Å². The molecule has 1 atom stereocenters. The van der Waals surface area contributed by atoms with Gasteiger partial charge in [0.2, 0.25) is 0 Å². The molecule has 0 aliphatic heterocycles. The average Bonchev–Trinajstić information content (AvgIpc) is 3.09. The quantitative estimate of drug-likeness (QED) is 0.730. The van der Waals surface area contributed by atoms with Gasteiger partial charge in [-0.1, -0.05) is 30.3 Å². The van der Waals surface area contributed by atoms with Crippen molar-refractivity contribution in [1.82, 2.24) is 15.2 Å². The molecule has 1 heterocycles. The summed E-state index contributed by atoms with van der Waals surface area (Å²) in [7, 11) is 1.62. The average molecular weight is 310 g/mol. The minimum Gasteiger partial charge on any atom is -0.497 e. The van der Waals surface area contributed by atoms with Crippen LogP contribution in [0.5, 0.6) is 11.5 Å². The number of aromatic amines is 1. The predicted molar refractivity (Wildman–Crippen MR) is 86.2 cm³/mol. The van der Waals surface area contributed by atoms with E-state index in [-0.39, 0.29) is 0 Å². The first-order chi connectivity index (χ1) is 11.3. The van der Waals surface area contributed by atoms with Gasteiger partial charge < -0.3 is 15.2 Å². The Hall–Kier alpha value is -2.86. The van der Waals surface area contributed by atoms with Crippen LogP contribution in [0.15, 0.2) is 54.6 Å². The van der Waals surface area contributed by atoms with Gasteiger partial charge in [0.15, 0.2) is 11.6 Å². The number of benzene rings is 2. The van der Waals surface area contributed by atoms with Crippen LogP contribution in [0.1, 0.15) is 23.3 Å². The first kappa shape index (κ1) is 15.1. The fourth-order valence-corrected chi connectivity index (χ4v) is 2.17. The first-order valence-electron chi connectivity index (χ1n) is 7.25. The molecule has 0 radical (unpaired) electrons. The molecule has 0 saturated heterocycles. The van der Waals surface area contributed by atoms with E-state index in [4.69, 9.17) is 15.2 Å². The third kappa shape index (κ3) is 3.67. The second kappa shape index (κ2) is 6.93. The zero-order valence-corrected chi connectivity index (χ0v) is 12.8. The Bertz CT molecular complexity index is 758. The van der Waals surface area contributed by atoms with Gasteiger partial charge in [-0.15, -0.1) is 0 Å². The fourth-order valence-electron chi connectivity index (χ4n) is 2.17. The van der Waals surface area contributed by atoms with Crippen molar-refractivity contribution in [2.45, 2.75) is 12.6 Å². The summed E-state index contributed by atoms with van der Waals surface area (Å²) in [6.45, 7) is 0.307. The van der Waals surface area contributed by atoms with Crippen LogP contribution < -0.4 is 15.2 Å². The van der Waals surface area contributed by atoms with Gasteiger partial charge >= 0.3 is 0 Å². The van der Waals surface area contributed by atoms with E-state index in [2.05, 4.69) is 15.2 Å². The fraction of sp³-hybridized carbons (Fsp3) is 0.176. The van der Waals surface area contributed by atoms with Crippen LogP contribution >= 0.6 is 0 Å². The maximum atomic E-state index is 6.22. The summed E-state index contributed by atoms with van der Waals surface area (Å²) in [5, 5.41) is 7.04. The van der Waals surface area contributed by atoms with Gasteiger partial charge in [0.1, 0.15) is 18.1 Å². The summed E-state index contributed by atoms with van der Waals surface area (Å²) in [5.41, 5.74) is 7.11. The molecule has 6 heteroatoms. The SMILES string of the molecule is COc1cccc([C@H](N)c2n[nH]c(COc3ccccc3)n2)c1. The Balaban J connectivity index is 1.68. The molecule has 0 fully saturated rings. The topological polar surface area (TPSA) is 86.0 Å². The van der Waals surface area contributed by atoms with Gasteiger partial charge in [-0.25, -0.2) is 4.98 Å². The molecule has 0 saturated carbocycles. The van der Waals surface area contributed by atoms with E-state index in [0.717, 1.165) is 17.1 Å². The zero-order chi connectivity index (χ0) is 16.1. The van der Waals surface area contributed by atoms with Gasteiger partial charge in [0.05, 0.1) is 13.2 Å². The predicted octanol–water partition coefficient (Wildman–Crippen LogP) is 2.44. The zero-order valence-electron chi connectivity index (χ0n) is 12.8. The molecule has 2 aromatic carbocycles. The smallest absolute Gasteiger partial charge is 0.172 e. The molecular weight excluding hydrogens is 292 g/mol. The van der Waals surface area contributed by atoms with Crippen LogP contribution in [0, 0.1) is 0 Å². The molecule has 3 rings (SSSR count). The summed E-state index contributed by atoms with van der Waals surface area (Å²) in [5.74, 6) is 2.68. The van der Waals surface area contributed by atoms with Gasteiger partial charge in [0, 0.05) is 0 Å². The highest BCUT2D eigenvalue weighted by molar-refractivity contribution is 5.32. The van der Waals surface area contributed by atoms with Crippen molar-refractivity contribution in [3.63, 3.8) is 0 Å². The number of H-pyrrole nitrogens is 1. The molecule has 0 spiro atoms. The Morgan fingerprint density at radius 2 is 1.87 bits per heavy atom. The number of para-hydroxylation sites is 1. The second-order valence-corrected chi connectivity index (χ2v) is 5.00. The molecular formula is C17H18N4O2. The number of aromatic nitrogens is 3. The van der Waals surface area contributed by atoms with E-state index < -0.39 is 6.04 Å². The van der Waals surface area contributed by atoms with Gasteiger partial charge in [-0.3, -0.25) is 5.10 Å². The molecule has 0 aliphatic carbocycles. The number of hydrogen-bond donors (Lipinski definition) is 2. The van der Waals surface area contributed by atoms with Crippen molar-refractivity contribution in [3.8, 4) is 11.5 Å². The van der Waals surface area contributed by atoms with E-state index in [1.807, 2.05) is 54.6 Å². The molecule has 0 unspecified atom stereocenters. The molecule has 0 amide bonds. The second-order valence-electron chi connectivity index (χ2n) is 5.00. The van der Waals surface area contributed by atoms with Crippen molar-refractivity contribution in [3.05, 3.63) is 71.8 Å². The van der Waals surface area contributed by atoms with Crippen LogP contribution in [0.2, 0.25) is 0 Å². The number of rotatable bonds is 6. The number of nitrogens with zero attached hydrogens (tertiary/aromatic N) is 2. The molecule has 6 nitrogen and oxygen atoms in total. The maximum absolute atomic E-state index is 6.22. The molecule has 3 N–H and O–H groups in total. The summed E-state index contributed by atoms with van der Waals surface area (Å²) in [6, 6.07) is 16.7. The minimum atomic E-state index is -0.424. The Morgan fingerprint density at radius 1 is 1.09 bits per heavy atom. The minimum absolute atomic E-state index is 0.307. The van der Waals surface area contributed by atoms with Crippen LogP contribution in [-0.2, 0) is 6.61 Å². The lowest BCUT2D eigenvalue weighted by Gasteiger charge is -2.09. The van der Waals surface area contributed by atoms with Crippen LogP contribution in [0.4, 0.5) is 0 Å². The highest BCUT2D eigenvalue weighted by Crippen LogP contribution is 2.21. The van der Waals surface area contributed by atoms with Crippen LogP contribution in [0.25, 0.3) is 0 Å². The number of hydrogen-bond acceptors (Lipinski definition) is 5. The van der Waals surface area contributed by atoms with E-state index >= 15 is 0 Å². The number of ether oxygens (including phenoxy) is 2. The monoisotopic (exact) mass is 310 g/mol. The summed E-state index contributed by atoms with van der Waals surface area (Å²) in [6.07, 6.45) is 0. The molecule has 0 bridgehead atoms. The van der Waals surface area contributed by atoms with Gasteiger partial charge in [-0.05, 0) is 29.8 Å². The lowest BCUT2D eigenvalue weighted by atomic mass is 10.1. The summed E-state index contributed by atoms with van der Waals surface area (Å²) < 4.78 is 10.8. The van der Waals surface area contributed by atoms with Crippen molar-refractivity contribution in [2.75, 3.05) is 7.11 Å². The molecule has 23 heavy (non-hydrogen) atoms. The number of nitrogens with two attached hydrogens (primary N) is 1. The van der Waals surface area contributed by atoms with Gasteiger partial charge in [-0.2, -0.15) is 5.10 Å². The first-order valence-corrected chi connectivity index (χ1v) is 7.25. The molecule has 118 valence electrons. The molecule has 0 aliphatic rings. The maximum Gasteiger partial charge on any atom is 0.172 e. The van der Waals surface area contributed by atoms with Crippen molar-refractivity contribution in [2.24, 2.45) is 5.73 Å². The lowest BCUT2D eigenvalue weighted by Crippen LogP contribution is -2.13. The largest absolute Gasteiger partial charge is 0.497 e.